The van der Waals surface area contributed by atoms with Crippen LogP contribution in [0, 0.1) is 0 Å². The number of aromatic nitrogens is 2. The Kier molecular flexibility index (Phi) is 3.11. The highest BCUT2D eigenvalue weighted by molar-refractivity contribution is 5.70. The van der Waals surface area contributed by atoms with Gasteiger partial charge in [-0.1, -0.05) is 0 Å². The SMILES string of the molecule is CC(C)(C)OC(=O)N1CCn2c(cnc2C=O)C1. The molecule has 0 aromatic carbocycles. The Balaban J connectivity index is 2.08. The molecular weight excluding hydrogens is 234 g/mol. The van der Waals surface area contributed by atoms with Crippen LogP contribution in [0.1, 0.15) is 37.1 Å². The molecule has 0 radical (unpaired) electrons. The second kappa shape index (κ2) is 4.44. The Hall–Kier alpha value is -1.85. The van der Waals surface area contributed by atoms with Crippen molar-refractivity contribution in [1.82, 2.24) is 14.5 Å². The van der Waals surface area contributed by atoms with E-state index in [1.165, 1.54) is 0 Å². The van der Waals surface area contributed by atoms with Gasteiger partial charge in [0.1, 0.15) is 5.60 Å². The van der Waals surface area contributed by atoms with Crippen LogP contribution in [0.15, 0.2) is 6.20 Å². The number of amides is 1. The Morgan fingerprint density at radius 3 is 2.78 bits per heavy atom. The zero-order chi connectivity index (χ0) is 13.3. The van der Waals surface area contributed by atoms with Crippen LogP contribution in [0.5, 0.6) is 0 Å². The molecule has 98 valence electrons. The molecule has 2 heterocycles. The summed E-state index contributed by atoms with van der Waals surface area (Å²) in [6.07, 6.45) is 2.02. The molecule has 0 unspecified atom stereocenters. The van der Waals surface area contributed by atoms with E-state index in [4.69, 9.17) is 4.74 Å². The molecule has 0 bridgehead atoms. The van der Waals surface area contributed by atoms with Gasteiger partial charge in [-0.05, 0) is 20.8 Å². The molecular formula is C12H17N3O3. The molecule has 6 heteroatoms. The fourth-order valence-corrected chi connectivity index (χ4v) is 1.88. The normalized spacial score (nSPS) is 15.2. The van der Waals surface area contributed by atoms with E-state index in [1.54, 1.807) is 11.1 Å². The van der Waals surface area contributed by atoms with Crippen molar-refractivity contribution in [1.29, 1.82) is 0 Å². The second-order valence-electron chi connectivity index (χ2n) is 5.28. The zero-order valence-electron chi connectivity index (χ0n) is 10.8. The van der Waals surface area contributed by atoms with E-state index in [2.05, 4.69) is 4.98 Å². The predicted molar refractivity (Wildman–Crippen MR) is 64.3 cm³/mol. The van der Waals surface area contributed by atoms with Gasteiger partial charge in [0.25, 0.3) is 0 Å². The lowest BCUT2D eigenvalue weighted by Gasteiger charge is -2.30. The van der Waals surface area contributed by atoms with Crippen molar-refractivity contribution in [3.8, 4) is 0 Å². The maximum atomic E-state index is 11.9. The third kappa shape index (κ3) is 2.52. The molecule has 0 aliphatic carbocycles. The van der Waals surface area contributed by atoms with Crippen LogP contribution in [0.3, 0.4) is 0 Å². The van der Waals surface area contributed by atoms with Gasteiger partial charge in [0.2, 0.25) is 0 Å². The summed E-state index contributed by atoms with van der Waals surface area (Å²) >= 11 is 0. The lowest BCUT2D eigenvalue weighted by Crippen LogP contribution is -2.41. The molecule has 0 fully saturated rings. The van der Waals surface area contributed by atoms with Gasteiger partial charge in [-0.15, -0.1) is 0 Å². The molecule has 1 aromatic rings. The van der Waals surface area contributed by atoms with E-state index in [0.29, 0.717) is 25.5 Å². The first kappa shape index (κ1) is 12.6. The molecule has 1 aliphatic heterocycles. The number of aldehydes is 1. The fraction of sp³-hybridized carbons (Fsp3) is 0.583. The summed E-state index contributed by atoms with van der Waals surface area (Å²) in [5.74, 6) is 0.411. The van der Waals surface area contributed by atoms with Crippen molar-refractivity contribution in [2.75, 3.05) is 6.54 Å². The third-order valence-corrected chi connectivity index (χ3v) is 2.67. The first-order chi connectivity index (χ1) is 8.40. The lowest BCUT2D eigenvalue weighted by atomic mass is 10.2. The van der Waals surface area contributed by atoms with E-state index < -0.39 is 5.60 Å². The minimum atomic E-state index is -0.497. The Bertz CT molecular complexity index is 473. The number of carbonyl (C=O) groups excluding carboxylic acids is 2. The van der Waals surface area contributed by atoms with Gasteiger partial charge in [0.15, 0.2) is 12.1 Å². The Morgan fingerprint density at radius 1 is 1.44 bits per heavy atom. The summed E-state index contributed by atoms with van der Waals surface area (Å²) in [4.78, 5) is 28.3. The number of nitrogens with zero attached hydrogens (tertiary/aromatic N) is 3. The minimum Gasteiger partial charge on any atom is -0.444 e. The molecule has 6 nitrogen and oxygen atoms in total. The maximum Gasteiger partial charge on any atom is 0.410 e. The molecule has 2 rings (SSSR count). The summed E-state index contributed by atoms with van der Waals surface area (Å²) < 4.78 is 7.14. The smallest absolute Gasteiger partial charge is 0.410 e. The second-order valence-corrected chi connectivity index (χ2v) is 5.28. The molecule has 1 amide bonds. The van der Waals surface area contributed by atoms with Crippen LogP contribution in [0.2, 0.25) is 0 Å². The first-order valence-corrected chi connectivity index (χ1v) is 5.88. The summed E-state index contributed by atoms with van der Waals surface area (Å²) in [6, 6.07) is 0. The summed E-state index contributed by atoms with van der Waals surface area (Å²) in [6.45, 7) is 7.04. The number of carbonyl (C=O) groups is 2. The van der Waals surface area contributed by atoms with Crippen molar-refractivity contribution >= 4 is 12.4 Å². The Morgan fingerprint density at radius 2 is 2.17 bits per heavy atom. The highest BCUT2D eigenvalue weighted by Gasteiger charge is 2.26. The number of hydrogen-bond acceptors (Lipinski definition) is 4. The van der Waals surface area contributed by atoms with Crippen LogP contribution in [-0.4, -0.2) is 39.0 Å². The zero-order valence-corrected chi connectivity index (χ0v) is 10.8. The van der Waals surface area contributed by atoms with Crippen LogP contribution in [0.25, 0.3) is 0 Å². The number of rotatable bonds is 1. The molecule has 18 heavy (non-hydrogen) atoms. The quantitative estimate of drug-likeness (QED) is 0.708. The van der Waals surface area contributed by atoms with Gasteiger partial charge in [0.05, 0.1) is 18.4 Å². The van der Waals surface area contributed by atoms with Crippen molar-refractivity contribution in [3.63, 3.8) is 0 Å². The van der Waals surface area contributed by atoms with E-state index in [0.717, 1.165) is 12.0 Å². The average Bonchev–Trinajstić information content (AvgIpc) is 2.68. The van der Waals surface area contributed by atoms with E-state index in [9.17, 15) is 9.59 Å². The van der Waals surface area contributed by atoms with Crippen LogP contribution in [-0.2, 0) is 17.8 Å². The number of hydrogen-bond donors (Lipinski definition) is 0. The topological polar surface area (TPSA) is 64.4 Å². The number of ether oxygens (including phenoxy) is 1. The molecule has 0 N–H and O–H groups in total. The Labute approximate surface area is 106 Å². The highest BCUT2D eigenvalue weighted by atomic mass is 16.6. The maximum absolute atomic E-state index is 11.9. The van der Waals surface area contributed by atoms with E-state index in [-0.39, 0.29) is 6.09 Å². The number of imidazole rings is 1. The van der Waals surface area contributed by atoms with E-state index in [1.807, 2.05) is 25.3 Å². The van der Waals surface area contributed by atoms with Gasteiger partial charge in [-0.2, -0.15) is 0 Å². The lowest BCUT2D eigenvalue weighted by molar-refractivity contribution is 0.0199. The van der Waals surface area contributed by atoms with Crippen molar-refractivity contribution in [2.24, 2.45) is 0 Å². The summed E-state index contributed by atoms with van der Waals surface area (Å²) in [5.41, 5.74) is 0.358. The van der Waals surface area contributed by atoms with Crippen molar-refractivity contribution in [3.05, 3.63) is 17.7 Å². The van der Waals surface area contributed by atoms with Crippen molar-refractivity contribution < 1.29 is 14.3 Å². The van der Waals surface area contributed by atoms with Crippen LogP contribution >= 0.6 is 0 Å². The standard InChI is InChI=1S/C12H17N3O3/c1-12(2,3)18-11(17)14-4-5-15-9(7-14)6-13-10(15)8-16/h6,8H,4-5,7H2,1-3H3. The van der Waals surface area contributed by atoms with Crippen LogP contribution < -0.4 is 0 Å². The summed E-state index contributed by atoms with van der Waals surface area (Å²) in [5, 5.41) is 0. The summed E-state index contributed by atoms with van der Waals surface area (Å²) in [7, 11) is 0. The minimum absolute atomic E-state index is 0.331. The molecule has 0 saturated carbocycles. The van der Waals surface area contributed by atoms with Gasteiger partial charge < -0.3 is 14.2 Å². The van der Waals surface area contributed by atoms with Gasteiger partial charge >= 0.3 is 6.09 Å². The number of fused-ring (bicyclic) bond motifs is 1. The third-order valence-electron chi connectivity index (χ3n) is 2.67. The molecule has 0 saturated heterocycles. The molecule has 1 aliphatic rings. The first-order valence-electron chi connectivity index (χ1n) is 5.88. The fourth-order valence-electron chi connectivity index (χ4n) is 1.88. The monoisotopic (exact) mass is 251 g/mol. The van der Waals surface area contributed by atoms with Gasteiger partial charge in [-0.3, -0.25) is 4.79 Å². The van der Waals surface area contributed by atoms with Crippen LogP contribution in [0.4, 0.5) is 4.79 Å². The highest BCUT2D eigenvalue weighted by Crippen LogP contribution is 2.17. The molecule has 0 atom stereocenters. The molecule has 1 aromatic heterocycles. The van der Waals surface area contributed by atoms with Gasteiger partial charge in [-0.25, -0.2) is 9.78 Å². The van der Waals surface area contributed by atoms with E-state index >= 15 is 0 Å². The van der Waals surface area contributed by atoms with Crippen molar-refractivity contribution in [2.45, 2.75) is 39.5 Å². The average molecular weight is 251 g/mol. The molecule has 0 spiro atoms. The largest absolute Gasteiger partial charge is 0.444 e. The van der Waals surface area contributed by atoms with Gasteiger partial charge in [0, 0.05) is 13.1 Å². The predicted octanol–water partition coefficient (Wildman–Crippen LogP) is 1.45.